The van der Waals surface area contributed by atoms with Gasteiger partial charge >= 0.3 is 12.1 Å². The molecule has 4 heterocycles. The van der Waals surface area contributed by atoms with Gasteiger partial charge in [0.05, 0.1) is 23.0 Å². The van der Waals surface area contributed by atoms with Crippen molar-refractivity contribution in [3.05, 3.63) is 121 Å². The first-order valence-corrected chi connectivity index (χ1v) is 35.5. The predicted molar refractivity (Wildman–Crippen MR) is 395 cm³/mol. The van der Waals surface area contributed by atoms with Crippen LogP contribution in [0.5, 0.6) is 11.5 Å². The van der Waals surface area contributed by atoms with Crippen LogP contribution in [0.15, 0.2) is 98.7 Å². The van der Waals surface area contributed by atoms with E-state index in [1.54, 1.807) is 83.2 Å². The predicted octanol–water partition coefficient (Wildman–Crippen LogP) is 7.56. The highest BCUT2D eigenvalue weighted by molar-refractivity contribution is 6.17. The number of hydrogen-bond acceptors (Lipinski definition) is 20. The van der Waals surface area contributed by atoms with E-state index in [0.717, 1.165) is 24.0 Å². The zero-order chi connectivity index (χ0) is 75.9. The van der Waals surface area contributed by atoms with Gasteiger partial charge in [0.25, 0.3) is 17.7 Å². The molecule has 0 radical (unpaired) electrons. The smallest absolute Gasteiger partial charge is 0.407 e. The molecule has 8 rings (SSSR count). The second kappa shape index (κ2) is 35.7. The summed E-state index contributed by atoms with van der Waals surface area (Å²) in [5.41, 5.74) is 3.72. The number of allylic oxidation sites excluding steroid dienone is 4. The van der Waals surface area contributed by atoms with E-state index in [1.165, 1.54) is 25.1 Å². The summed E-state index contributed by atoms with van der Waals surface area (Å²) in [6, 6.07) is 6.77. The molecule has 4 aromatic carbocycles. The molecule has 0 bridgehead atoms. The zero-order valence-corrected chi connectivity index (χ0v) is 60.8. The van der Waals surface area contributed by atoms with Crippen molar-refractivity contribution >= 4 is 103 Å². The first-order chi connectivity index (χ1) is 49.4. The van der Waals surface area contributed by atoms with Crippen LogP contribution < -0.4 is 63.3 Å². The Bertz CT molecular complexity index is 4330. The number of unbranched alkanes of at least 4 members (excludes halogenated alkanes) is 2. The lowest BCUT2D eigenvalue weighted by Crippen LogP contribution is -2.54. The number of nitrogens with zero attached hydrogens (tertiary/aromatic N) is 4. The van der Waals surface area contributed by atoms with E-state index in [-0.39, 0.29) is 159 Å². The van der Waals surface area contributed by atoms with Gasteiger partial charge in [-0.25, -0.2) is 14.6 Å². The maximum absolute atomic E-state index is 14.9. The van der Waals surface area contributed by atoms with Gasteiger partial charge in [-0.3, -0.25) is 48.2 Å². The largest absolute Gasteiger partial charge is 0.516 e. The number of carbonyl (C=O) groups is 8. The number of aromatic hydroxyl groups is 1. The Morgan fingerprint density at radius 1 is 0.808 bits per heavy atom. The van der Waals surface area contributed by atoms with Crippen LogP contribution in [0, 0.1) is 36.5 Å². The van der Waals surface area contributed by atoms with Crippen molar-refractivity contribution in [2.45, 2.75) is 157 Å². The number of benzene rings is 4. The minimum absolute atomic E-state index is 0.00212. The number of urea groups is 1. The Balaban J connectivity index is 0.862. The molecular formula is C76H99N11O17. The fraction of sp³-hybridized carbons (Fsp3) is 0.487. The van der Waals surface area contributed by atoms with E-state index in [0.29, 0.717) is 75.3 Å². The molecule has 1 saturated heterocycles. The summed E-state index contributed by atoms with van der Waals surface area (Å²) in [5.74, 6) is -3.50. The van der Waals surface area contributed by atoms with Crippen molar-refractivity contribution in [3.8, 4) is 11.5 Å². The third-order valence-electron chi connectivity index (χ3n) is 19.2. The fourth-order valence-corrected chi connectivity index (χ4v) is 13.3. The number of nitrogens with one attached hydrogen (secondary N) is 6. The third kappa shape index (κ3) is 20.1. The topological polar surface area (TPSA) is 404 Å². The molecule has 5 aromatic rings. The Morgan fingerprint density at radius 3 is 2.18 bits per heavy atom. The number of rotatable bonds is 34. The van der Waals surface area contributed by atoms with Crippen LogP contribution in [-0.4, -0.2) is 159 Å². The van der Waals surface area contributed by atoms with Gasteiger partial charge in [-0.1, -0.05) is 78.3 Å². The average molecular weight is 1440 g/mol. The molecule has 28 nitrogen and oxygen atoms in total. The number of imide groups is 1. The fourth-order valence-electron chi connectivity index (χ4n) is 13.3. The number of amides is 9. The molecule has 0 saturated carbocycles. The Hall–Kier alpha value is -10.4. The van der Waals surface area contributed by atoms with Crippen LogP contribution >= 0.6 is 0 Å². The van der Waals surface area contributed by atoms with Gasteiger partial charge in [0.15, 0.2) is 22.3 Å². The number of aromatic nitrogens is 1. The van der Waals surface area contributed by atoms with Crippen LogP contribution in [0.1, 0.15) is 131 Å². The number of primary amides is 1. The molecule has 3 aliphatic rings. The highest BCUT2D eigenvalue weighted by atomic mass is 16.5. The van der Waals surface area contributed by atoms with Crippen LogP contribution in [0.4, 0.5) is 26.7 Å². The molecule has 3 aliphatic heterocycles. The molecular weight excluding hydrogens is 1340 g/mol. The number of phenols is 1. The summed E-state index contributed by atoms with van der Waals surface area (Å²) < 4.78 is 18.2. The second-order valence-corrected chi connectivity index (χ2v) is 28.4. The molecule has 104 heavy (non-hydrogen) atoms. The van der Waals surface area contributed by atoms with Gasteiger partial charge in [-0.05, 0) is 126 Å². The number of aliphatic hydroxyl groups is 3. The van der Waals surface area contributed by atoms with Gasteiger partial charge in [0, 0.05) is 111 Å². The average Bonchev–Trinajstić information content (AvgIpc) is 1.43. The SMILES string of the molecule is C/C(=C/C=C/[C@H](C)C[C@@H](C)C[C@@H](C)[C@H](O)[C@H](C)C/C=C/O)C(=O)Nc1c(=O)c2c(O)c(C)c3c(c2c2nc4c(=O)cc(N5CCN(CCNC(=O)OCc6ccc(NC(=O)[C@H](CCCNC(N)=O)NC(=O)[C@@H](NC(=O)CCCCCN7C(=O)C=CC7=O)C(C)C)cc6)CC5)cc4oc12)=C(O)C(C)(C)O3. The van der Waals surface area contributed by atoms with E-state index < -0.39 is 70.2 Å². The molecule has 1 aromatic heterocycles. The number of piperazine rings is 1. The number of anilines is 3. The lowest BCUT2D eigenvalue weighted by atomic mass is 9.83. The lowest BCUT2D eigenvalue weighted by Gasteiger charge is -2.36. The van der Waals surface area contributed by atoms with Gasteiger partial charge in [0.1, 0.15) is 47.2 Å². The number of phenolic OH excluding ortho intramolecular Hbond substituents is 1. The second-order valence-electron chi connectivity index (χ2n) is 28.4. The maximum atomic E-state index is 14.9. The highest BCUT2D eigenvalue weighted by Gasteiger charge is 2.39. The van der Waals surface area contributed by atoms with E-state index in [9.17, 15) is 63.3 Å². The molecule has 1 fully saturated rings. The Morgan fingerprint density at radius 2 is 1.51 bits per heavy atom. The summed E-state index contributed by atoms with van der Waals surface area (Å²) >= 11 is 0. The third-order valence-corrected chi connectivity index (χ3v) is 19.2. The van der Waals surface area contributed by atoms with E-state index in [2.05, 4.69) is 50.6 Å². The number of nitrogens with two attached hydrogens (primary N) is 1. The molecule has 0 aliphatic carbocycles. The first kappa shape index (κ1) is 79.4. The lowest BCUT2D eigenvalue weighted by molar-refractivity contribution is -0.137. The minimum atomic E-state index is -1.28. The number of fused-ring (bicyclic) bond motifs is 6. The molecule has 7 atom stereocenters. The van der Waals surface area contributed by atoms with Crippen LogP contribution in [0.3, 0.4) is 0 Å². The molecule has 560 valence electrons. The van der Waals surface area contributed by atoms with Crippen molar-refractivity contribution < 1.29 is 72.7 Å². The summed E-state index contributed by atoms with van der Waals surface area (Å²) in [7, 11) is 0. The molecule has 12 N–H and O–H groups in total. The Labute approximate surface area is 603 Å². The van der Waals surface area contributed by atoms with Gasteiger partial charge in [-0.15, -0.1) is 0 Å². The van der Waals surface area contributed by atoms with Crippen molar-refractivity contribution in [3.63, 3.8) is 0 Å². The summed E-state index contributed by atoms with van der Waals surface area (Å²) in [6.45, 7) is 21.0. The molecule has 28 heteroatoms. The van der Waals surface area contributed by atoms with Crippen molar-refractivity contribution in [2.24, 2.45) is 35.3 Å². The van der Waals surface area contributed by atoms with Crippen molar-refractivity contribution in [1.29, 1.82) is 0 Å². The first-order valence-electron chi connectivity index (χ1n) is 35.5. The van der Waals surface area contributed by atoms with Crippen LogP contribution in [0.2, 0.25) is 0 Å². The number of aliphatic hydroxyl groups excluding tert-OH is 3. The van der Waals surface area contributed by atoms with E-state index in [4.69, 9.17) is 29.7 Å². The molecule has 0 unspecified atom stereocenters. The quantitative estimate of drug-likeness (QED) is 0.00360. The van der Waals surface area contributed by atoms with Crippen molar-refractivity contribution in [2.75, 3.05) is 67.9 Å². The van der Waals surface area contributed by atoms with E-state index in [1.807, 2.05) is 24.8 Å². The zero-order valence-electron chi connectivity index (χ0n) is 60.8. The Kier molecular flexibility index (Phi) is 27.2. The van der Waals surface area contributed by atoms with Gasteiger partial charge < -0.3 is 76.9 Å². The summed E-state index contributed by atoms with van der Waals surface area (Å²) in [4.78, 5) is 142. The number of carbonyl (C=O) groups excluding carboxylic acids is 8. The summed E-state index contributed by atoms with van der Waals surface area (Å²) in [5, 5.41) is 59.5. The number of ether oxygens (including phenoxy) is 2. The highest BCUT2D eigenvalue weighted by Crippen LogP contribution is 2.42. The molecule has 9 amide bonds. The van der Waals surface area contributed by atoms with Gasteiger partial charge in [0.2, 0.25) is 28.6 Å². The standard InChI is InChI=1S/C76H99N11O17/c1-42(2)61(82-55(90)21-12-11-13-30-87-56(91)26-27-57(87)92)73(99)81-52(20-15-28-78-74(77)100)72(98)80-50-24-22-49(23-25-50)41-102-75(101)79-29-31-85-32-34-86(35-33-85)51-39-53(89)62-54(40-51)103-69-63(83-62)58-59(66(94)48(8)68-60(58)70(96)76(9,10)104-68)67(95)64(69)84-71(97)46(6)18-14-17-43(3)37-44(4)38-47(7)65(93)45(5)19-16-36-88/h14,16-18,22-27,36,39-40,42-45,47,52,61,65,88,93-94,96H,11-13,15,19-21,28-35,37-38,41H2,1-10H3,(H,79,101)(H,80,98)(H,81,99)(H,82,90)(H,84,97)(H3,77,78,100)/b17-14+,36-16+,46-18-/t43-,44+,45+,47+,52-,61-,65+/m0/s1. The monoisotopic (exact) mass is 1440 g/mol. The van der Waals surface area contributed by atoms with Gasteiger partial charge in [-0.2, -0.15) is 0 Å². The van der Waals surface area contributed by atoms with Crippen LogP contribution in [-0.2, 0) is 40.1 Å². The number of alkyl carbamates (subject to hydrolysis) is 1. The maximum Gasteiger partial charge on any atom is 0.407 e. The van der Waals surface area contributed by atoms with Crippen LogP contribution in [0.25, 0.3) is 38.7 Å². The van der Waals surface area contributed by atoms with Crippen molar-refractivity contribution in [1.82, 2.24) is 36.1 Å². The summed E-state index contributed by atoms with van der Waals surface area (Å²) in [6.07, 6.45) is 13.4. The minimum Gasteiger partial charge on any atom is -0.516 e. The van der Waals surface area contributed by atoms with E-state index >= 15 is 0 Å². The molecule has 0 spiro atoms. The normalized spacial score (nSPS) is 16.7. The number of hydrogen-bond donors (Lipinski definition) is 11.